The van der Waals surface area contributed by atoms with Crippen molar-refractivity contribution in [2.75, 3.05) is 13.1 Å². The maximum absolute atomic E-state index is 12.0. The number of nitrogens with zero attached hydrogens (tertiary/aromatic N) is 1. The highest BCUT2D eigenvalue weighted by molar-refractivity contribution is 5.97. The molecule has 0 saturated carbocycles. The van der Waals surface area contributed by atoms with E-state index in [4.69, 9.17) is 5.11 Å². The minimum atomic E-state index is -0.945. The maximum atomic E-state index is 12.0. The molecule has 27 heavy (non-hydrogen) atoms. The molecule has 1 fully saturated rings. The van der Waals surface area contributed by atoms with Crippen molar-refractivity contribution in [1.29, 1.82) is 0 Å². The Morgan fingerprint density at radius 2 is 1.63 bits per heavy atom. The Labute approximate surface area is 160 Å². The smallest absolute Gasteiger partial charge is 0.303 e. The summed E-state index contributed by atoms with van der Waals surface area (Å²) >= 11 is 0. The summed E-state index contributed by atoms with van der Waals surface area (Å²) in [6.07, 6.45) is 3.61. The fraction of sp³-hybridized carbons (Fsp3) is 0.391. The van der Waals surface area contributed by atoms with Gasteiger partial charge >= 0.3 is 5.97 Å². The normalized spacial score (nSPS) is 17.1. The molecule has 1 atom stereocenters. The van der Waals surface area contributed by atoms with Crippen molar-refractivity contribution in [2.45, 2.75) is 45.1 Å². The summed E-state index contributed by atoms with van der Waals surface area (Å²) < 4.78 is 0. The number of benzene rings is 2. The number of likely N-dealkylation sites (tertiary alicyclic amines) is 1. The standard InChI is InChI=1S/C23H27NO3/c1-17-3-2-15-24(17)16-14-18-4-6-19(7-5-18)20-8-10-21(11-9-20)22(25)12-13-23(26)27/h4-11,17H,2-3,12-16H2,1H3,(H,26,27)/t17-/m1/s1. The molecular formula is C23H27NO3. The van der Waals surface area contributed by atoms with Gasteiger partial charge in [-0.3, -0.25) is 9.59 Å². The third-order valence-electron chi connectivity index (χ3n) is 5.44. The van der Waals surface area contributed by atoms with Crippen molar-refractivity contribution < 1.29 is 14.7 Å². The average molecular weight is 365 g/mol. The minimum absolute atomic E-state index is 0.0407. The van der Waals surface area contributed by atoms with E-state index in [0.717, 1.165) is 24.1 Å². The Morgan fingerprint density at radius 3 is 2.19 bits per heavy atom. The molecule has 2 aromatic rings. The van der Waals surface area contributed by atoms with Crippen molar-refractivity contribution in [2.24, 2.45) is 0 Å². The van der Waals surface area contributed by atoms with Gasteiger partial charge in [-0.15, -0.1) is 0 Å². The van der Waals surface area contributed by atoms with Crippen LogP contribution in [0.1, 0.15) is 48.5 Å². The molecule has 0 spiro atoms. The number of Topliss-reactive ketones (excluding diaryl/α,β-unsaturated/α-hetero) is 1. The van der Waals surface area contributed by atoms with Gasteiger partial charge in [0.1, 0.15) is 0 Å². The molecule has 0 radical (unpaired) electrons. The van der Waals surface area contributed by atoms with Crippen LogP contribution >= 0.6 is 0 Å². The summed E-state index contributed by atoms with van der Waals surface area (Å²) in [6.45, 7) is 4.65. The van der Waals surface area contributed by atoms with E-state index in [0.29, 0.717) is 11.6 Å². The quantitative estimate of drug-likeness (QED) is 0.703. The predicted octanol–water partition coefficient (Wildman–Crippen LogP) is 4.43. The van der Waals surface area contributed by atoms with Gasteiger partial charge in [0.15, 0.2) is 5.78 Å². The SMILES string of the molecule is C[C@@H]1CCCN1CCc1ccc(-c2ccc(C(=O)CCC(=O)O)cc2)cc1. The molecule has 4 nitrogen and oxygen atoms in total. The Bertz CT molecular complexity index is 780. The van der Waals surface area contributed by atoms with Crippen LogP contribution in [0, 0.1) is 0 Å². The van der Waals surface area contributed by atoms with Gasteiger partial charge in [0.25, 0.3) is 0 Å². The predicted molar refractivity (Wildman–Crippen MR) is 107 cm³/mol. The van der Waals surface area contributed by atoms with Crippen LogP contribution < -0.4 is 0 Å². The lowest BCUT2D eigenvalue weighted by molar-refractivity contribution is -0.136. The monoisotopic (exact) mass is 365 g/mol. The second-order valence-electron chi connectivity index (χ2n) is 7.37. The van der Waals surface area contributed by atoms with Gasteiger partial charge in [-0.25, -0.2) is 0 Å². The van der Waals surface area contributed by atoms with Gasteiger partial charge in [0, 0.05) is 24.6 Å². The molecular weight excluding hydrogens is 338 g/mol. The number of carbonyl (C=O) groups excluding carboxylic acids is 1. The van der Waals surface area contributed by atoms with Crippen LogP contribution in [0.25, 0.3) is 11.1 Å². The van der Waals surface area contributed by atoms with Crippen LogP contribution in [0.4, 0.5) is 0 Å². The van der Waals surface area contributed by atoms with E-state index < -0.39 is 5.97 Å². The van der Waals surface area contributed by atoms with Crippen LogP contribution in [-0.4, -0.2) is 40.9 Å². The largest absolute Gasteiger partial charge is 0.481 e. The molecule has 3 rings (SSSR count). The first-order valence-electron chi connectivity index (χ1n) is 9.71. The lowest BCUT2D eigenvalue weighted by Crippen LogP contribution is -2.28. The minimum Gasteiger partial charge on any atom is -0.481 e. The van der Waals surface area contributed by atoms with E-state index in [1.807, 2.05) is 12.1 Å². The zero-order chi connectivity index (χ0) is 19.2. The van der Waals surface area contributed by atoms with Crippen LogP contribution in [0.15, 0.2) is 48.5 Å². The van der Waals surface area contributed by atoms with Gasteiger partial charge in [0.05, 0.1) is 6.42 Å². The van der Waals surface area contributed by atoms with Gasteiger partial charge in [-0.05, 0) is 49.4 Å². The van der Waals surface area contributed by atoms with E-state index in [-0.39, 0.29) is 18.6 Å². The van der Waals surface area contributed by atoms with E-state index in [9.17, 15) is 9.59 Å². The number of aliphatic carboxylic acids is 1. The summed E-state index contributed by atoms with van der Waals surface area (Å²) in [5.74, 6) is -1.07. The van der Waals surface area contributed by atoms with Crippen molar-refractivity contribution in [1.82, 2.24) is 4.90 Å². The highest BCUT2D eigenvalue weighted by Gasteiger charge is 2.19. The number of carbonyl (C=O) groups is 2. The third-order valence-corrected chi connectivity index (χ3v) is 5.44. The molecule has 0 unspecified atom stereocenters. The van der Waals surface area contributed by atoms with Crippen LogP contribution in [0.5, 0.6) is 0 Å². The Kier molecular flexibility index (Phi) is 6.40. The summed E-state index contributed by atoms with van der Waals surface area (Å²) in [6, 6.07) is 16.7. The molecule has 0 aromatic heterocycles. The molecule has 0 bridgehead atoms. The number of carboxylic acids is 1. The Morgan fingerprint density at radius 1 is 1.00 bits per heavy atom. The molecule has 1 aliphatic heterocycles. The first-order valence-corrected chi connectivity index (χ1v) is 9.71. The highest BCUT2D eigenvalue weighted by Crippen LogP contribution is 2.22. The number of hydrogen-bond donors (Lipinski definition) is 1. The van der Waals surface area contributed by atoms with Crippen LogP contribution in [-0.2, 0) is 11.2 Å². The number of rotatable bonds is 8. The van der Waals surface area contributed by atoms with E-state index in [2.05, 4.69) is 36.1 Å². The lowest BCUT2D eigenvalue weighted by atomic mass is 9.99. The second kappa shape index (κ2) is 8.96. The summed E-state index contributed by atoms with van der Waals surface area (Å²) in [5.41, 5.74) is 4.09. The molecule has 1 saturated heterocycles. The second-order valence-corrected chi connectivity index (χ2v) is 7.37. The summed E-state index contributed by atoms with van der Waals surface area (Å²) in [7, 11) is 0. The zero-order valence-electron chi connectivity index (χ0n) is 15.9. The van der Waals surface area contributed by atoms with Crippen molar-refractivity contribution >= 4 is 11.8 Å². The molecule has 2 aromatic carbocycles. The van der Waals surface area contributed by atoms with Gasteiger partial charge in [-0.1, -0.05) is 48.5 Å². The van der Waals surface area contributed by atoms with Crippen molar-refractivity contribution in [3.63, 3.8) is 0 Å². The molecule has 1 heterocycles. The van der Waals surface area contributed by atoms with Crippen molar-refractivity contribution in [3.05, 3.63) is 59.7 Å². The first kappa shape index (κ1) is 19.3. The van der Waals surface area contributed by atoms with E-state index >= 15 is 0 Å². The average Bonchev–Trinajstić information content (AvgIpc) is 3.10. The van der Waals surface area contributed by atoms with Gasteiger partial charge in [0.2, 0.25) is 0 Å². The topological polar surface area (TPSA) is 57.6 Å². The van der Waals surface area contributed by atoms with Crippen molar-refractivity contribution in [3.8, 4) is 11.1 Å². The third kappa shape index (κ3) is 5.27. The van der Waals surface area contributed by atoms with Gasteiger partial charge < -0.3 is 10.0 Å². The number of ketones is 1. The van der Waals surface area contributed by atoms with E-state index in [1.54, 1.807) is 12.1 Å². The Hall–Kier alpha value is -2.46. The molecule has 1 aliphatic rings. The first-order chi connectivity index (χ1) is 13.0. The Balaban J connectivity index is 1.58. The lowest BCUT2D eigenvalue weighted by Gasteiger charge is -2.20. The molecule has 0 aliphatic carbocycles. The fourth-order valence-electron chi connectivity index (χ4n) is 3.67. The number of carboxylic acid groups (broad SMARTS) is 1. The molecule has 0 amide bonds. The number of hydrogen-bond acceptors (Lipinski definition) is 3. The molecule has 142 valence electrons. The fourth-order valence-corrected chi connectivity index (χ4v) is 3.67. The highest BCUT2D eigenvalue weighted by atomic mass is 16.4. The summed E-state index contributed by atoms with van der Waals surface area (Å²) in [4.78, 5) is 25.1. The molecule has 1 N–H and O–H groups in total. The summed E-state index contributed by atoms with van der Waals surface area (Å²) in [5, 5.41) is 8.68. The maximum Gasteiger partial charge on any atom is 0.303 e. The zero-order valence-corrected chi connectivity index (χ0v) is 15.9. The van der Waals surface area contributed by atoms with Crippen LogP contribution in [0.3, 0.4) is 0 Å². The van der Waals surface area contributed by atoms with Crippen LogP contribution in [0.2, 0.25) is 0 Å². The van der Waals surface area contributed by atoms with Gasteiger partial charge in [-0.2, -0.15) is 0 Å². The molecule has 4 heteroatoms. The van der Waals surface area contributed by atoms with E-state index in [1.165, 1.54) is 24.9 Å².